The van der Waals surface area contributed by atoms with Gasteiger partial charge in [0.05, 0.1) is 11.2 Å². The Hall–Kier alpha value is -2.29. The first-order valence-electron chi connectivity index (χ1n) is 6.82. The molecule has 0 atom stereocenters. The quantitative estimate of drug-likeness (QED) is 0.840. The molecule has 0 bridgehead atoms. The first kappa shape index (κ1) is 18.1. The Morgan fingerprint density at radius 1 is 1.25 bits per heavy atom. The normalized spacial score (nSPS) is 11.7. The molecule has 0 aliphatic heterocycles. The van der Waals surface area contributed by atoms with Crippen LogP contribution in [-0.4, -0.2) is 33.1 Å². The van der Waals surface area contributed by atoms with Gasteiger partial charge in [-0.2, -0.15) is 13.2 Å². The lowest BCUT2D eigenvalue weighted by Gasteiger charge is -2.17. The van der Waals surface area contributed by atoms with E-state index in [0.717, 1.165) is 17.0 Å². The summed E-state index contributed by atoms with van der Waals surface area (Å²) in [6.45, 7) is 3.70. The molecule has 0 saturated carbocycles. The van der Waals surface area contributed by atoms with E-state index in [1.165, 1.54) is 13.2 Å². The highest BCUT2D eigenvalue weighted by Gasteiger charge is 2.33. The van der Waals surface area contributed by atoms with E-state index in [1.54, 1.807) is 0 Å². The van der Waals surface area contributed by atoms with E-state index in [4.69, 9.17) is 11.6 Å². The van der Waals surface area contributed by atoms with Crippen molar-refractivity contribution in [2.24, 2.45) is 0 Å². The molecule has 0 N–H and O–H groups in total. The molecule has 0 aromatic carbocycles. The zero-order valence-electron chi connectivity index (χ0n) is 13.0. The van der Waals surface area contributed by atoms with Crippen molar-refractivity contribution < 1.29 is 18.0 Å². The van der Waals surface area contributed by atoms with Crippen LogP contribution in [0, 0.1) is 0 Å². The van der Waals surface area contributed by atoms with Crippen LogP contribution < -0.4 is 4.90 Å². The van der Waals surface area contributed by atoms with Crippen LogP contribution in [0.2, 0.25) is 5.02 Å². The van der Waals surface area contributed by atoms with E-state index in [0.29, 0.717) is 5.82 Å². The molecule has 0 aliphatic carbocycles. The minimum absolute atomic E-state index is 0.0232. The van der Waals surface area contributed by atoms with Gasteiger partial charge >= 0.3 is 6.18 Å². The van der Waals surface area contributed by atoms with E-state index >= 15 is 0 Å². The van der Waals surface area contributed by atoms with Crippen molar-refractivity contribution in [1.82, 2.24) is 20.2 Å². The Morgan fingerprint density at radius 2 is 1.92 bits per heavy atom. The molecular weight excluding hydrogens is 347 g/mol. The van der Waals surface area contributed by atoms with Crippen molar-refractivity contribution in [3.05, 3.63) is 40.6 Å². The van der Waals surface area contributed by atoms with Crippen molar-refractivity contribution in [2.45, 2.75) is 25.9 Å². The molecule has 2 rings (SSSR count). The largest absolute Gasteiger partial charge is 0.435 e. The third-order valence-corrected chi connectivity index (χ3v) is 3.35. The topological polar surface area (TPSA) is 71.9 Å². The summed E-state index contributed by atoms with van der Waals surface area (Å²) in [6, 6.07) is 1.79. The first-order valence-corrected chi connectivity index (χ1v) is 7.20. The number of aromatic nitrogens is 4. The van der Waals surface area contributed by atoms with Gasteiger partial charge in [-0.15, -0.1) is 10.2 Å². The standard InChI is InChI=1S/C14H13ClF3N5O/c1-7(2)12-19-6-8(15)11(20-12)13(24)23(3)10-5-4-9(21-22-10)14(16,17)18/h4-7H,1-3H3. The second-order valence-electron chi connectivity index (χ2n) is 5.22. The average molecular weight is 360 g/mol. The van der Waals surface area contributed by atoms with Gasteiger partial charge in [0, 0.05) is 13.0 Å². The summed E-state index contributed by atoms with van der Waals surface area (Å²) >= 11 is 5.96. The number of carbonyl (C=O) groups is 1. The zero-order chi connectivity index (χ0) is 18.1. The molecule has 2 heterocycles. The summed E-state index contributed by atoms with van der Waals surface area (Å²) < 4.78 is 37.5. The van der Waals surface area contributed by atoms with E-state index in [-0.39, 0.29) is 22.5 Å². The smallest absolute Gasteiger partial charge is 0.293 e. The molecule has 2 aromatic heterocycles. The van der Waals surface area contributed by atoms with Gasteiger partial charge in [-0.05, 0) is 12.1 Å². The van der Waals surface area contributed by atoms with E-state index in [2.05, 4.69) is 20.2 Å². The van der Waals surface area contributed by atoms with Gasteiger partial charge in [0.25, 0.3) is 5.91 Å². The SMILES string of the molecule is CC(C)c1ncc(Cl)c(C(=O)N(C)c2ccc(C(F)(F)F)nn2)n1. The van der Waals surface area contributed by atoms with E-state index in [1.807, 2.05) is 13.8 Å². The molecule has 0 fully saturated rings. The third kappa shape index (κ3) is 3.78. The van der Waals surface area contributed by atoms with Crippen LogP contribution in [0.15, 0.2) is 18.3 Å². The molecule has 0 saturated heterocycles. The second-order valence-corrected chi connectivity index (χ2v) is 5.63. The maximum absolute atomic E-state index is 12.5. The Morgan fingerprint density at radius 3 is 2.42 bits per heavy atom. The molecule has 1 amide bonds. The summed E-state index contributed by atoms with van der Waals surface area (Å²) in [6.07, 6.45) is -3.29. The van der Waals surface area contributed by atoms with Crippen LogP contribution in [0.5, 0.6) is 0 Å². The van der Waals surface area contributed by atoms with Gasteiger partial charge in [-0.3, -0.25) is 9.69 Å². The number of carbonyl (C=O) groups excluding carboxylic acids is 1. The molecule has 0 aliphatic rings. The molecule has 0 unspecified atom stereocenters. The Bertz CT molecular complexity index is 749. The summed E-state index contributed by atoms with van der Waals surface area (Å²) in [7, 11) is 1.34. The predicted molar refractivity (Wildman–Crippen MR) is 80.9 cm³/mol. The van der Waals surface area contributed by atoms with Gasteiger partial charge in [-0.25, -0.2) is 9.97 Å². The number of amides is 1. The van der Waals surface area contributed by atoms with Crippen LogP contribution in [0.4, 0.5) is 19.0 Å². The van der Waals surface area contributed by atoms with Crippen LogP contribution in [0.1, 0.15) is 41.8 Å². The van der Waals surface area contributed by atoms with Gasteiger partial charge in [0.2, 0.25) is 0 Å². The number of rotatable bonds is 3. The number of nitrogens with zero attached hydrogens (tertiary/aromatic N) is 5. The Kier molecular flexibility index (Phi) is 5.02. The molecular formula is C14H13ClF3N5O. The molecule has 10 heteroatoms. The number of anilines is 1. The number of halogens is 4. The highest BCUT2D eigenvalue weighted by molar-refractivity contribution is 6.34. The van der Waals surface area contributed by atoms with Crippen molar-refractivity contribution in [3.63, 3.8) is 0 Å². The van der Waals surface area contributed by atoms with Crippen LogP contribution in [0.3, 0.4) is 0 Å². The average Bonchev–Trinajstić information content (AvgIpc) is 2.53. The first-order chi connectivity index (χ1) is 11.1. The Labute approximate surface area is 140 Å². The lowest BCUT2D eigenvalue weighted by atomic mass is 10.2. The predicted octanol–water partition coefficient (Wildman–Crippen LogP) is 3.34. The van der Waals surface area contributed by atoms with Crippen LogP contribution >= 0.6 is 11.6 Å². The maximum atomic E-state index is 12.5. The molecule has 0 radical (unpaired) electrons. The maximum Gasteiger partial charge on any atom is 0.435 e. The van der Waals surface area contributed by atoms with Crippen LogP contribution in [-0.2, 0) is 6.18 Å². The minimum atomic E-state index is -4.60. The highest BCUT2D eigenvalue weighted by Crippen LogP contribution is 2.27. The zero-order valence-corrected chi connectivity index (χ0v) is 13.7. The fourth-order valence-electron chi connectivity index (χ4n) is 1.73. The van der Waals surface area contributed by atoms with Gasteiger partial charge in [-0.1, -0.05) is 25.4 Å². The molecule has 0 spiro atoms. The van der Waals surface area contributed by atoms with Crippen LogP contribution in [0.25, 0.3) is 0 Å². The lowest BCUT2D eigenvalue weighted by Crippen LogP contribution is -2.29. The minimum Gasteiger partial charge on any atom is -0.293 e. The Balaban J connectivity index is 2.31. The van der Waals surface area contributed by atoms with Gasteiger partial charge in [0.1, 0.15) is 5.82 Å². The molecule has 2 aromatic rings. The van der Waals surface area contributed by atoms with Gasteiger partial charge in [0.15, 0.2) is 17.2 Å². The monoisotopic (exact) mass is 359 g/mol. The molecule has 128 valence electrons. The fourth-order valence-corrected chi connectivity index (χ4v) is 1.90. The summed E-state index contributed by atoms with van der Waals surface area (Å²) in [5.74, 6) is -0.285. The van der Waals surface area contributed by atoms with Crippen molar-refractivity contribution >= 4 is 23.3 Å². The van der Waals surface area contributed by atoms with Crippen molar-refractivity contribution in [3.8, 4) is 0 Å². The second kappa shape index (κ2) is 6.68. The van der Waals surface area contributed by atoms with Crippen molar-refractivity contribution in [2.75, 3.05) is 11.9 Å². The number of alkyl halides is 3. The lowest BCUT2D eigenvalue weighted by molar-refractivity contribution is -0.141. The third-order valence-electron chi connectivity index (χ3n) is 3.07. The molecule has 24 heavy (non-hydrogen) atoms. The molecule has 6 nitrogen and oxygen atoms in total. The van der Waals surface area contributed by atoms with Crippen molar-refractivity contribution in [1.29, 1.82) is 0 Å². The van der Waals surface area contributed by atoms with E-state index in [9.17, 15) is 18.0 Å². The number of hydrogen-bond donors (Lipinski definition) is 0. The number of hydrogen-bond acceptors (Lipinski definition) is 5. The summed E-state index contributed by atoms with van der Waals surface area (Å²) in [5, 5.41) is 6.55. The summed E-state index contributed by atoms with van der Waals surface area (Å²) in [4.78, 5) is 21.6. The summed E-state index contributed by atoms with van der Waals surface area (Å²) in [5.41, 5.74) is -1.20. The highest BCUT2D eigenvalue weighted by atomic mass is 35.5. The van der Waals surface area contributed by atoms with Gasteiger partial charge < -0.3 is 0 Å². The van der Waals surface area contributed by atoms with E-state index < -0.39 is 17.8 Å². The fraction of sp³-hybridized carbons (Fsp3) is 0.357.